The van der Waals surface area contributed by atoms with Crippen LogP contribution in [0.3, 0.4) is 0 Å². The Bertz CT molecular complexity index is 496. The molecule has 0 spiro atoms. The third-order valence-electron chi connectivity index (χ3n) is 3.20. The maximum atomic E-state index is 12.2. The van der Waals surface area contributed by atoms with Crippen LogP contribution in [0.15, 0.2) is 24.3 Å². The lowest BCUT2D eigenvalue weighted by molar-refractivity contribution is 0.165. The second-order valence-electron chi connectivity index (χ2n) is 4.78. The summed E-state index contributed by atoms with van der Waals surface area (Å²) in [5, 5.41) is 8.68. The highest BCUT2D eigenvalue weighted by molar-refractivity contribution is 5.74. The zero-order valence-corrected chi connectivity index (χ0v) is 13.1. The number of carbonyl (C=O) groups is 1. The molecule has 1 aromatic carbocycles. The van der Waals surface area contributed by atoms with Gasteiger partial charge in [-0.2, -0.15) is 0 Å². The van der Waals surface area contributed by atoms with E-state index in [1.54, 1.807) is 9.80 Å². The van der Waals surface area contributed by atoms with E-state index in [0.29, 0.717) is 13.0 Å². The predicted octanol–water partition coefficient (Wildman–Crippen LogP) is 2.31. The van der Waals surface area contributed by atoms with Gasteiger partial charge in [-0.05, 0) is 31.5 Å². The number of urea groups is 1. The van der Waals surface area contributed by atoms with Gasteiger partial charge in [-0.25, -0.2) is 4.79 Å². The third-order valence-corrected chi connectivity index (χ3v) is 3.20. The molecule has 0 saturated heterocycles. The van der Waals surface area contributed by atoms with Crippen molar-refractivity contribution in [2.75, 3.05) is 26.7 Å². The first-order valence-electron chi connectivity index (χ1n) is 7.31. The molecule has 114 valence electrons. The van der Waals surface area contributed by atoms with Crippen LogP contribution in [0, 0.1) is 11.8 Å². The van der Waals surface area contributed by atoms with Gasteiger partial charge in [0.15, 0.2) is 0 Å². The highest BCUT2D eigenvalue weighted by atomic mass is 16.2. The molecule has 0 unspecified atom stereocenters. The summed E-state index contributed by atoms with van der Waals surface area (Å²) in [5.41, 5.74) is 2.00. The standard InChI is InChI=1S/C17H24N2O2/c1-4-19(5-2)17(21)18(3)14-16-11-9-15(10-12-16)8-6-7-13-20/h9-12,20H,4-5,7,13-14H2,1-3H3. The van der Waals surface area contributed by atoms with Crippen LogP contribution in [0.2, 0.25) is 0 Å². The molecule has 0 aromatic heterocycles. The summed E-state index contributed by atoms with van der Waals surface area (Å²) < 4.78 is 0. The van der Waals surface area contributed by atoms with E-state index in [0.717, 1.165) is 24.2 Å². The van der Waals surface area contributed by atoms with E-state index < -0.39 is 0 Å². The summed E-state index contributed by atoms with van der Waals surface area (Å²) in [5.74, 6) is 5.88. The van der Waals surface area contributed by atoms with E-state index in [9.17, 15) is 4.79 Å². The van der Waals surface area contributed by atoms with Gasteiger partial charge in [-0.1, -0.05) is 24.0 Å². The van der Waals surface area contributed by atoms with Crippen LogP contribution in [0.5, 0.6) is 0 Å². The number of nitrogens with zero attached hydrogens (tertiary/aromatic N) is 2. The van der Waals surface area contributed by atoms with Crippen molar-refractivity contribution in [3.8, 4) is 11.8 Å². The average molecular weight is 288 g/mol. The maximum Gasteiger partial charge on any atom is 0.320 e. The van der Waals surface area contributed by atoms with Crippen molar-refractivity contribution in [2.45, 2.75) is 26.8 Å². The molecule has 0 fully saturated rings. The number of hydrogen-bond acceptors (Lipinski definition) is 2. The van der Waals surface area contributed by atoms with Crippen molar-refractivity contribution < 1.29 is 9.90 Å². The van der Waals surface area contributed by atoms with Gasteiger partial charge in [0.25, 0.3) is 0 Å². The molecular formula is C17H24N2O2. The number of amides is 2. The van der Waals surface area contributed by atoms with E-state index in [-0.39, 0.29) is 12.6 Å². The first kappa shape index (κ1) is 17.1. The van der Waals surface area contributed by atoms with Crippen LogP contribution >= 0.6 is 0 Å². The average Bonchev–Trinajstić information content (AvgIpc) is 2.50. The van der Waals surface area contributed by atoms with Gasteiger partial charge in [-0.15, -0.1) is 0 Å². The van der Waals surface area contributed by atoms with Gasteiger partial charge in [0.2, 0.25) is 0 Å². The number of hydrogen-bond donors (Lipinski definition) is 1. The van der Waals surface area contributed by atoms with Crippen molar-refractivity contribution in [1.82, 2.24) is 9.80 Å². The van der Waals surface area contributed by atoms with Crippen LogP contribution in [-0.4, -0.2) is 47.7 Å². The fourth-order valence-electron chi connectivity index (χ4n) is 1.99. The molecule has 0 bridgehead atoms. The Kier molecular flexibility index (Phi) is 7.34. The Morgan fingerprint density at radius 1 is 1.19 bits per heavy atom. The van der Waals surface area contributed by atoms with Crippen LogP contribution in [0.4, 0.5) is 4.79 Å². The number of benzene rings is 1. The molecule has 2 amide bonds. The van der Waals surface area contributed by atoms with Gasteiger partial charge < -0.3 is 14.9 Å². The normalized spacial score (nSPS) is 9.71. The van der Waals surface area contributed by atoms with Crippen LogP contribution in [0.25, 0.3) is 0 Å². The lowest BCUT2D eigenvalue weighted by atomic mass is 10.1. The van der Waals surface area contributed by atoms with Crippen molar-refractivity contribution in [1.29, 1.82) is 0 Å². The Hall–Kier alpha value is -1.99. The summed E-state index contributed by atoms with van der Waals surface area (Å²) in [6, 6.07) is 7.89. The minimum Gasteiger partial charge on any atom is -0.395 e. The lowest BCUT2D eigenvalue weighted by Crippen LogP contribution is -2.40. The minimum atomic E-state index is 0.0480. The van der Waals surface area contributed by atoms with Gasteiger partial charge >= 0.3 is 6.03 Å². The van der Waals surface area contributed by atoms with Crippen molar-refractivity contribution in [2.24, 2.45) is 0 Å². The molecule has 0 heterocycles. The Morgan fingerprint density at radius 3 is 2.33 bits per heavy atom. The molecular weight excluding hydrogens is 264 g/mol. The Balaban J connectivity index is 2.63. The van der Waals surface area contributed by atoms with Crippen LogP contribution in [-0.2, 0) is 6.54 Å². The first-order chi connectivity index (χ1) is 10.1. The van der Waals surface area contributed by atoms with Crippen molar-refractivity contribution in [3.05, 3.63) is 35.4 Å². The fourth-order valence-corrected chi connectivity index (χ4v) is 1.99. The van der Waals surface area contributed by atoms with E-state index in [4.69, 9.17) is 5.11 Å². The molecule has 21 heavy (non-hydrogen) atoms. The Labute approximate surface area is 127 Å². The topological polar surface area (TPSA) is 43.8 Å². The largest absolute Gasteiger partial charge is 0.395 e. The summed E-state index contributed by atoms with van der Waals surface area (Å²) >= 11 is 0. The zero-order chi connectivity index (χ0) is 15.7. The SMILES string of the molecule is CCN(CC)C(=O)N(C)Cc1ccc(C#CCCO)cc1. The molecule has 0 saturated carbocycles. The fraction of sp³-hybridized carbons (Fsp3) is 0.471. The highest BCUT2D eigenvalue weighted by Gasteiger charge is 2.14. The van der Waals surface area contributed by atoms with E-state index in [2.05, 4.69) is 11.8 Å². The summed E-state index contributed by atoms with van der Waals surface area (Å²) in [6.45, 7) is 6.07. The third kappa shape index (κ3) is 5.49. The van der Waals surface area contributed by atoms with Crippen LogP contribution in [0.1, 0.15) is 31.4 Å². The molecule has 0 aliphatic carbocycles. The number of aliphatic hydroxyl groups is 1. The zero-order valence-electron chi connectivity index (χ0n) is 13.1. The second-order valence-corrected chi connectivity index (χ2v) is 4.78. The van der Waals surface area contributed by atoms with Crippen molar-refractivity contribution in [3.63, 3.8) is 0 Å². The molecule has 1 rings (SSSR count). The number of carbonyl (C=O) groups excluding carboxylic acids is 1. The minimum absolute atomic E-state index is 0.0480. The number of rotatable bonds is 5. The lowest BCUT2D eigenvalue weighted by Gasteiger charge is -2.26. The maximum absolute atomic E-state index is 12.2. The summed E-state index contributed by atoms with van der Waals surface area (Å²) in [4.78, 5) is 15.7. The molecule has 1 N–H and O–H groups in total. The van der Waals surface area contributed by atoms with Crippen LogP contribution < -0.4 is 0 Å². The van der Waals surface area contributed by atoms with E-state index in [1.165, 1.54) is 0 Å². The monoisotopic (exact) mass is 288 g/mol. The van der Waals surface area contributed by atoms with E-state index in [1.807, 2.05) is 45.2 Å². The van der Waals surface area contributed by atoms with Gasteiger partial charge in [0.1, 0.15) is 0 Å². The smallest absolute Gasteiger partial charge is 0.320 e. The van der Waals surface area contributed by atoms with Gasteiger partial charge in [-0.3, -0.25) is 0 Å². The van der Waals surface area contributed by atoms with Gasteiger partial charge in [0, 0.05) is 38.7 Å². The molecule has 0 atom stereocenters. The number of aliphatic hydroxyl groups excluding tert-OH is 1. The molecule has 0 radical (unpaired) electrons. The summed E-state index contributed by atoms with van der Waals surface area (Å²) in [7, 11) is 1.82. The molecule has 0 aliphatic rings. The molecule has 4 heteroatoms. The Morgan fingerprint density at radius 2 is 1.81 bits per heavy atom. The molecule has 1 aromatic rings. The van der Waals surface area contributed by atoms with Gasteiger partial charge in [0.05, 0.1) is 6.61 Å². The van der Waals surface area contributed by atoms with Crippen molar-refractivity contribution >= 4 is 6.03 Å². The quantitative estimate of drug-likeness (QED) is 0.845. The summed E-state index contributed by atoms with van der Waals surface area (Å²) in [6.07, 6.45) is 0.489. The first-order valence-corrected chi connectivity index (χ1v) is 7.31. The highest BCUT2D eigenvalue weighted by Crippen LogP contribution is 2.08. The second kappa shape index (κ2) is 9.04. The molecule has 4 nitrogen and oxygen atoms in total. The van der Waals surface area contributed by atoms with E-state index >= 15 is 0 Å². The molecule has 0 aliphatic heterocycles. The predicted molar refractivity (Wildman–Crippen MR) is 84.8 cm³/mol.